The summed E-state index contributed by atoms with van der Waals surface area (Å²) in [5.74, 6) is -0.161. The van der Waals surface area contributed by atoms with Crippen molar-refractivity contribution in [1.82, 2.24) is 15.5 Å². The molecule has 6 nitrogen and oxygen atoms in total. The van der Waals surface area contributed by atoms with Crippen molar-refractivity contribution in [3.63, 3.8) is 0 Å². The van der Waals surface area contributed by atoms with Gasteiger partial charge in [-0.3, -0.25) is 4.79 Å². The number of likely N-dealkylation sites (tertiary alicyclic amines) is 1. The van der Waals surface area contributed by atoms with Gasteiger partial charge in [0, 0.05) is 28.8 Å². The van der Waals surface area contributed by atoms with Crippen LogP contribution in [0.4, 0.5) is 10.5 Å². The number of halogens is 1. The molecule has 29 heavy (non-hydrogen) atoms. The smallest absolute Gasteiger partial charge is 0.319 e. The summed E-state index contributed by atoms with van der Waals surface area (Å²) in [5.41, 5.74) is 1.69. The fourth-order valence-corrected chi connectivity index (χ4v) is 3.74. The maximum atomic E-state index is 12.8. The average molecular weight is 506 g/mol. The molecule has 0 spiro atoms. The molecule has 0 saturated carbocycles. The molecule has 0 bridgehead atoms. The zero-order chi connectivity index (χ0) is 20.5. The lowest BCUT2D eigenvalue weighted by Crippen LogP contribution is -2.50. The number of carbonyl (C=O) groups excluding carboxylic acids is 2. The minimum atomic E-state index is -0.639. The van der Waals surface area contributed by atoms with Crippen LogP contribution in [0.2, 0.25) is 0 Å². The van der Waals surface area contributed by atoms with E-state index in [4.69, 9.17) is 0 Å². The number of hydrogen-bond acceptors (Lipinski definition) is 3. The quantitative estimate of drug-likeness (QED) is 0.482. The Balaban J connectivity index is 1.57. The van der Waals surface area contributed by atoms with Crippen molar-refractivity contribution in [3.05, 3.63) is 63.7 Å². The first kappa shape index (κ1) is 21.6. The molecule has 154 valence electrons. The summed E-state index contributed by atoms with van der Waals surface area (Å²) in [4.78, 5) is 27.6. The Hall–Kier alpha value is -2.13. The fourth-order valence-electron chi connectivity index (χ4n) is 3.38. The molecule has 1 aliphatic rings. The molecule has 1 aliphatic heterocycles. The molecule has 1 atom stereocenters. The van der Waals surface area contributed by atoms with E-state index >= 15 is 0 Å². The molecule has 3 amide bonds. The Morgan fingerprint density at radius 1 is 1.00 bits per heavy atom. The van der Waals surface area contributed by atoms with Crippen LogP contribution in [0.15, 0.2) is 54.6 Å². The van der Waals surface area contributed by atoms with Crippen LogP contribution in [0.25, 0.3) is 0 Å². The molecular weight excluding hydrogens is 479 g/mol. The van der Waals surface area contributed by atoms with E-state index in [-0.39, 0.29) is 11.9 Å². The summed E-state index contributed by atoms with van der Waals surface area (Å²) in [6.07, 6.45) is 2.90. The first-order chi connectivity index (χ1) is 14.1. The third-order valence-corrected chi connectivity index (χ3v) is 5.65. The molecule has 2 aromatic rings. The summed E-state index contributed by atoms with van der Waals surface area (Å²) in [5, 5.41) is 8.61. The summed E-state index contributed by atoms with van der Waals surface area (Å²) < 4.78 is 1.09. The topological polar surface area (TPSA) is 73.5 Å². The number of amides is 3. The lowest BCUT2D eigenvalue weighted by molar-refractivity contribution is -0.122. The van der Waals surface area contributed by atoms with Gasteiger partial charge < -0.3 is 20.9 Å². The van der Waals surface area contributed by atoms with Gasteiger partial charge in [-0.05, 0) is 78.4 Å². The highest BCUT2D eigenvalue weighted by Gasteiger charge is 2.21. The highest BCUT2D eigenvalue weighted by molar-refractivity contribution is 14.1. The van der Waals surface area contributed by atoms with Crippen LogP contribution in [-0.4, -0.2) is 49.1 Å². The highest BCUT2D eigenvalue weighted by atomic mass is 127. The SMILES string of the molecule is O=C(Nc1ccc(I)cc1)NC(Cc1ccccc1)C(=O)NCCN1CCCC1. The van der Waals surface area contributed by atoms with E-state index in [9.17, 15) is 9.59 Å². The number of hydrogen-bond donors (Lipinski definition) is 3. The van der Waals surface area contributed by atoms with Crippen molar-refractivity contribution in [1.29, 1.82) is 0 Å². The van der Waals surface area contributed by atoms with Gasteiger partial charge in [0.2, 0.25) is 5.91 Å². The molecule has 3 rings (SSSR count). The summed E-state index contributed by atoms with van der Waals surface area (Å²) in [6.45, 7) is 3.63. The maximum Gasteiger partial charge on any atom is 0.319 e. The molecule has 0 aliphatic carbocycles. The lowest BCUT2D eigenvalue weighted by atomic mass is 10.1. The number of nitrogens with zero attached hydrogens (tertiary/aromatic N) is 1. The Labute approximate surface area is 185 Å². The second-order valence-corrected chi connectivity index (χ2v) is 8.43. The molecule has 2 aromatic carbocycles. The van der Waals surface area contributed by atoms with E-state index in [0.29, 0.717) is 18.7 Å². The van der Waals surface area contributed by atoms with Gasteiger partial charge >= 0.3 is 6.03 Å². The summed E-state index contributed by atoms with van der Waals surface area (Å²) >= 11 is 2.21. The molecule has 0 aromatic heterocycles. The minimum Gasteiger partial charge on any atom is -0.353 e. The van der Waals surface area contributed by atoms with Crippen LogP contribution in [0.3, 0.4) is 0 Å². The van der Waals surface area contributed by atoms with Crippen molar-refractivity contribution >= 4 is 40.2 Å². The van der Waals surface area contributed by atoms with E-state index in [2.05, 4.69) is 43.4 Å². The zero-order valence-electron chi connectivity index (χ0n) is 16.4. The molecule has 1 fully saturated rings. The average Bonchev–Trinajstić information content (AvgIpc) is 3.23. The first-order valence-electron chi connectivity index (χ1n) is 9.97. The van der Waals surface area contributed by atoms with Gasteiger partial charge in [-0.15, -0.1) is 0 Å². The normalized spacial score (nSPS) is 14.9. The van der Waals surface area contributed by atoms with E-state index in [1.807, 2.05) is 54.6 Å². The Kier molecular flexibility index (Phi) is 8.30. The van der Waals surface area contributed by atoms with Crippen LogP contribution in [0.1, 0.15) is 18.4 Å². The van der Waals surface area contributed by atoms with E-state index in [0.717, 1.165) is 28.8 Å². The van der Waals surface area contributed by atoms with Gasteiger partial charge in [0.1, 0.15) is 6.04 Å². The van der Waals surface area contributed by atoms with Crippen LogP contribution < -0.4 is 16.0 Å². The van der Waals surface area contributed by atoms with Gasteiger partial charge in [-0.2, -0.15) is 0 Å². The maximum absolute atomic E-state index is 12.8. The van der Waals surface area contributed by atoms with Gasteiger partial charge in [0.25, 0.3) is 0 Å². The minimum absolute atomic E-state index is 0.161. The van der Waals surface area contributed by atoms with Crippen LogP contribution in [0, 0.1) is 3.57 Å². The number of anilines is 1. The Morgan fingerprint density at radius 2 is 1.69 bits per heavy atom. The molecular formula is C22H27IN4O2. The first-order valence-corrected chi connectivity index (χ1v) is 11.0. The standard InChI is InChI=1S/C22H27IN4O2/c23-18-8-10-19(11-9-18)25-22(29)26-20(16-17-6-2-1-3-7-17)21(28)24-12-15-27-13-4-5-14-27/h1-3,6-11,20H,4-5,12-16H2,(H,24,28)(H2,25,26,29). The number of carbonyl (C=O) groups is 2. The van der Waals surface area contributed by atoms with Crippen molar-refractivity contribution in [2.24, 2.45) is 0 Å². The van der Waals surface area contributed by atoms with Crippen LogP contribution in [-0.2, 0) is 11.2 Å². The molecule has 3 N–H and O–H groups in total. The van der Waals surface area contributed by atoms with E-state index in [1.165, 1.54) is 12.8 Å². The van der Waals surface area contributed by atoms with Gasteiger partial charge in [0.15, 0.2) is 0 Å². The van der Waals surface area contributed by atoms with Gasteiger partial charge in [-0.1, -0.05) is 30.3 Å². The predicted molar refractivity (Wildman–Crippen MR) is 124 cm³/mol. The second-order valence-electron chi connectivity index (χ2n) is 7.19. The van der Waals surface area contributed by atoms with Crippen molar-refractivity contribution < 1.29 is 9.59 Å². The summed E-state index contributed by atoms with van der Waals surface area (Å²) in [7, 11) is 0. The monoisotopic (exact) mass is 506 g/mol. The Morgan fingerprint density at radius 3 is 2.38 bits per heavy atom. The number of benzene rings is 2. The number of rotatable bonds is 8. The molecule has 1 saturated heterocycles. The van der Waals surface area contributed by atoms with Crippen molar-refractivity contribution in [3.8, 4) is 0 Å². The van der Waals surface area contributed by atoms with Crippen molar-refractivity contribution in [2.75, 3.05) is 31.5 Å². The lowest BCUT2D eigenvalue weighted by Gasteiger charge is -2.20. The predicted octanol–water partition coefficient (Wildman–Crippen LogP) is 3.24. The number of urea groups is 1. The fraction of sp³-hybridized carbons (Fsp3) is 0.364. The van der Waals surface area contributed by atoms with Crippen molar-refractivity contribution in [2.45, 2.75) is 25.3 Å². The molecule has 0 radical (unpaired) electrons. The molecule has 1 unspecified atom stereocenters. The third-order valence-electron chi connectivity index (χ3n) is 4.93. The molecule has 1 heterocycles. The van der Waals surface area contributed by atoms with Crippen LogP contribution >= 0.6 is 22.6 Å². The second kappa shape index (κ2) is 11.2. The van der Waals surface area contributed by atoms with Gasteiger partial charge in [0.05, 0.1) is 0 Å². The molecule has 7 heteroatoms. The Bertz CT molecular complexity index is 792. The number of nitrogens with one attached hydrogen (secondary N) is 3. The van der Waals surface area contributed by atoms with E-state index < -0.39 is 6.04 Å². The summed E-state index contributed by atoms with van der Waals surface area (Å²) in [6, 6.07) is 16.2. The van der Waals surface area contributed by atoms with Crippen LogP contribution in [0.5, 0.6) is 0 Å². The van der Waals surface area contributed by atoms with E-state index in [1.54, 1.807) is 0 Å². The largest absolute Gasteiger partial charge is 0.353 e. The third kappa shape index (κ3) is 7.32. The van der Waals surface area contributed by atoms with Gasteiger partial charge in [-0.25, -0.2) is 4.79 Å². The zero-order valence-corrected chi connectivity index (χ0v) is 18.5. The highest BCUT2D eigenvalue weighted by Crippen LogP contribution is 2.11.